The largest absolute Gasteiger partial charge is 0.429 e. The molecule has 0 N–H and O–H groups in total. The van der Waals surface area contributed by atoms with Gasteiger partial charge in [0.15, 0.2) is 23.1 Å². The van der Waals surface area contributed by atoms with Crippen molar-refractivity contribution in [2.45, 2.75) is 68.9 Å². The highest BCUT2D eigenvalue weighted by molar-refractivity contribution is 6.59. The Kier molecular flexibility index (Phi) is 7.60. The molecule has 2 aromatic rings. The molecule has 1 atom stereocenters. The van der Waals surface area contributed by atoms with Gasteiger partial charge in [0.1, 0.15) is 0 Å². The van der Waals surface area contributed by atoms with Crippen LogP contribution in [0.25, 0.3) is 5.57 Å². The van der Waals surface area contributed by atoms with Crippen LogP contribution in [0.15, 0.2) is 54.6 Å². The van der Waals surface area contributed by atoms with Crippen molar-refractivity contribution >= 4 is 14.4 Å². The van der Waals surface area contributed by atoms with Crippen molar-refractivity contribution in [1.29, 1.82) is 0 Å². The van der Waals surface area contributed by atoms with Crippen molar-refractivity contribution in [2.75, 3.05) is 0 Å². The third kappa shape index (κ3) is 4.99. The van der Waals surface area contributed by atoms with Crippen LogP contribution in [0.5, 0.6) is 5.75 Å². The topological polar surface area (TPSA) is 9.23 Å². The highest BCUT2D eigenvalue weighted by atomic mass is 28.3. The molecule has 34 heavy (non-hydrogen) atoms. The molecule has 1 heterocycles. The lowest BCUT2D eigenvalue weighted by Gasteiger charge is -2.32. The van der Waals surface area contributed by atoms with E-state index in [2.05, 4.69) is 11.7 Å². The zero-order valence-corrected chi connectivity index (χ0v) is 20.1. The average Bonchev–Trinajstić information content (AvgIpc) is 2.83. The number of rotatable bonds is 7. The lowest BCUT2D eigenvalue weighted by atomic mass is 9.77. The summed E-state index contributed by atoms with van der Waals surface area (Å²) in [6.07, 6.45) is 8.03. The van der Waals surface area contributed by atoms with Gasteiger partial charge in [-0.05, 0) is 42.0 Å². The van der Waals surface area contributed by atoms with Crippen molar-refractivity contribution in [3.8, 4) is 5.75 Å². The minimum Gasteiger partial charge on any atom is -0.429 e. The summed E-state index contributed by atoms with van der Waals surface area (Å²) in [6, 6.07) is 13.1. The zero-order valence-electron chi connectivity index (χ0n) is 19.1. The lowest BCUT2D eigenvalue weighted by molar-refractivity contribution is -0.0546. The van der Waals surface area contributed by atoms with Crippen molar-refractivity contribution in [3.63, 3.8) is 0 Å². The summed E-state index contributed by atoms with van der Waals surface area (Å²) in [6.45, 7) is -1.18. The summed E-state index contributed by atoms with van der Waals surface area (Å²) in [5.74, 6) is -3.43. The van der Waals surface area contributed by atoms with Crippen molar-refractivity contribution in [2.24, 2.45) is 0 Å². The maximum absolute atomic E-state index is 16.7. The molecule has 1 saturated heterocycles. The number of hydrogen-bond acceptors (Lipinski definition) is 1. The van der Waals surface area contributed by atoms with Crippen LogP contribution in [0, 0.1) is 11.6 Å². The molecule has 0 bridgehead atoms. The Hall–Kier alpha value is -2.41. The van der Waals surface area contributed by atoms with E-state index < -0.39 is 29.7 Å². The minimum atomic E-state index is -3.40. The summed E-state index contributed by atoms with van der Waals surface area (Å²) in [5, 5.41) is 0. The summed E-state index contributed by atoms with van der Waals surface area (Å²) >= 11 is 0. The molecule has 0 amide bonds. The summed E-state index contributed by atoms with van der Waals surface area (Å²) in [7, 11) is -0.275. The van der Waals surface area contributed by atoms with Crippen LogP contribution in [0.2, 0.25) is 18.1 Å². The van der Waals surface area contributed by atoms with Gasteiger partial charge in [0.2, 0.25) is 0 Å². The van der Waals surface area contributed by atoms with Crippen LogP contribution in [0.4, 0.5) is 22.0 Å². The van der Waals surface area contributed by atoms with Crippen molar-refractivity contribution in [3.05, 3.63) is 83.0 Å². The molecular weight excluding hydrogens is 463 g/mol. The van der Waals surface area contributed by atoms with Crippen LogP contribution in [0.3, 0.4) is 0 Å². The van der Waals surface area contributed by atoms with Crippen LogP contribution in [-0.4, -0.2) is 15.4 Å². The van der Waals surface area contributed by atoms with E-state index in [9.17, 15) is 13.2 Å². The van der Waals surface area contributed by atoms with Gasteiger partial charge in [-0.3, -0.25) is 0 Å². The molecule has 0 spiro atoms. The first kappa shape index (κ1) is 24.7. The first-order valence-corrected chi connectivity index (χ1v) is 13.9. The smallest absolute Gasteiger partial charge is 0.387 e. The maximum Gasteiger partial charge on any atom is 0.387 e. The monoisotopic (exact) mass is 491 g/mol. The Morgan fingerprint density at radius 3 is 2.59 bits per heavy atom. The second kappa shape index (κ2) is 10.5. The van der Waals surface area contributed by atoms with E-state index >= 15 is 8.78 Å². The van der Waals surface area contributed by atoms with E-state index in [1.54, 1.807) is 18.2 Å². The summed E-state index contributed by atoms with van der Waals surface area (Å²) in [5.41, 5.74) is -0.968. The fourth-order valence-electron chi connectivity index (χ4n) is 5.15. The molecular formula is C27H28F5OSi. The number of hydrogen-bond donors (Lipinski definition) is 0. The molecule has 1 unspecified atom stereocenters. The highest BCUT2D eigenvalue weighted by Crippen LogP contribution is 2.48. The maximum atomic E-state index is 16.7. The van der Waals surface area contributed by atoms with Crippen LogP contribution < -0.4 is 4.74 Å². The molecule has 1 aliphatic carbocycles. The number of halogens is 5. The van der Waals surface area contributed by atoms with Gasteiger partial charge in [-0.2, -0.15) is 8.78 Å². The van der Waals surface area contributed by atoms with Gasteiger partial charge >= 0.3 is 6.61 Å². The van der Waals surface area contributed by atoms with Gasteiger partial charge in [-0.25, -0.2) is 13.2 Å². The quantitative estimate of drug-likeness (QED) is 0.278. The van der Waals surface area contributed by atoms with Gasteiger partial charge in [-0.1, -0.05) is 74.0 Å². The third-order valence-corrected chi connectivity index (χ3v) is 10.1. The molecule has 1 radical (unpaired) electrons. The van der Waals surface area contributed by atoms with Crippen LogP contribution in [-0.2, 0) is 5.67 Å². The van der Waals surface area contributed by atoms with Gasteiger partial charge in [0.25, 0.3) is 0 Å². The molecule has 181 valence electrons. The summed E-state index contributed by atoms with van der Waals surface area (Å²) < 4.78 is 75.2. The number of allylic oxidation sites excluding steroid dienone is 4. The fraction of sp³-hybridized carbons (Fsp3) is 0.407. The Labute approximate surface area is 198 Å². The van der Waals surface area contributed by atoms with E-state index in [1.165, 1.54) is 30.6 Å². The van der Waals surface area contributed by atoms with Crippen LogP contribution in [0.1, 0.15) is 55.2 Å². The van der Waals surface area contributed by atoms with E-state index in [-0.39, 0.29) is 26.4 Å². The van der Waals surface area contributed by atoms with Gasteiger partial charge < -0.3 is 4.74 Å². The number of benzene rings is 2. The van der Waals surface area contributed by atoms with Crippen molar-refractivity contribution < 1.29 is 26.7 Å². The van der Waals surface area contributed by atoms with E-state index in [4.69, 9.17) is 0 Å². The molecule has 1 aliphatic heterocycles. The summed E-state index contributed by atoms with van der Waals surface area (Å²) in [4.78, 5) is 0. The first-order valence-electron chi connectivity index (χ1n) is 11.8. The van der Waals surface area contributed by atoms with E-state index in [0.29, 0.717) is 11.5 Å². The van der Waals surface area contributed by atoms with Gasteiger partial charge in [0.05, 0.1) is 0 Å². The third-order valence-electron chi connectivity index (χ3n) is 6.88. The Bertz CT molecular complexity index is 1070. The second-order valence-electron chi connectivity index (χ2n) is 9.03. The number of alkyl halides is 3. The SMILES string of the molecule is CCC[Si]1CCC(c2cccc(C3(F)CC=CC=C3c3ccc(F)c(OC(F)F)c3F)c2)CC1. The van der Waals surface area contributed by atoms with Crippen molar-refractivity contribution in [1.82, 2.24) is 0 Å². The minimum absolute atomic E-state index is 0.0409. The second-order valence-corrected chi connectivity index (χ2v) is 12.0. The molecule has 2 aromatic carbocycles. The van der Waals surface area contributed by atoms with Gasteiger partial charge in [-0.15, -0.1) is 0 Å². The molecule has 0 aromatic heterocycles. The fourth-order valence-corrected chi connectivity index (χ4v) is 8.12. The predicted molar refractivity (Wildman–Crippen MR) is 126 cm³/mol. The standard InChI is InChI=1S/C27H28F5OSi/c1-2-14-34-15-11-18(12-16-34)19-6-5-7-20(17-19)27(32)13-4-3-8-22(27)21-9-10-23(28)25(24(21)29)33-26(30)31/h3-10,17-18,26H,2,11-16H2,1H3. The lowest BCUT2D eigenvalue weighted by Crippen LogP contribution is -2.25. The first-order chi connectivity index (χ1) is 16.3. The predicted octanol–water partition coefficient (Wildman–Crippen LogP) is 8.56. The Morgan fingerprint density at radius 1 is 1.12 bits per heavy atom. The molecule has 2 aliphatic rings. The van der Waals surface area contributed by atoms with E-state index in [1.807, 2.05) is 18.2 Å². The highest BCUT2D eigenvalue weighted by Gasteiger charge is 2.40. The Morgan fingerprint density at radius 2 is 1.88 bits per heavy atom. The molecule has 1 nitrogen and oxygen atoms in total. The molecule has 0 saturated carbocycles. The van der Waals surface area contributed by atoms with E-state index in [0.717, 1.165) is 30.5 Å². The average molecular weight is 492 g/mol. The zero-order chi connectivity index (χ0) is 24.3. The molecule has 7 heteroatoms. The Balaban J connectivity index is 1.67. The number of ether oxygens (including phenoxy) is 1. The van der Waals surface area contributed by atoms with Gasteiger partial charge in [0, 0.05) is 26.4 Å². The van der Waals surface area contributed by atoms with Crippen LogP contribution >= 0.6 is 0 Å². The molecule has 1 fully saturated rings. The molecule has 4 rings (SSSR count). The normalized spacial score (nSPS) is 21.7.